The molecular formula is C23H27F3N4O2. The van der Waals surface area contributed by atoms with Gasteiger partial charge in [-0.25, -0.2) is 0 Å². The number of piperazine rings is 1. The largest absolute Gasteiger partial charge is 0.453 e. The Hall–Kier alpha value is -2.78. The molecule has 0 aromatic heterocycles. The molecule has 1 fully saturated rings. The fourth-order valence-electron chi connectivity index (χ4n) is 4.12. The van der Waals surface area contributed by atoms with E-state index in [1.54, 1.807) is 12.1 Å². The average Bonchev–Trinajstić information content (AvgIpc) is 2.73. The highest BCUT2D eigenvalue weighted by molar-refractivity contribution is 5.78. The molecule has 4 rings (SSSR count). The third-order valence-corrected chi connectivity index (χ3v) is 6.14. The number of carbonyl (C=O) groups excluding carboxylic acids is 1. The summed E-state index contributed by atoms with van der Waals surface area (Å²) in [7, 11) is 2.10. The first-order valence-electron chi connectivity index (χ1n) is 10.6. The molecule has 2 aromatic carbocycles. The smallest absolute Gasteiger partial charge is 0.416 e. The van der Waals surface area contributed by atoms with Crippen molar-refractivity contribution in [3.63, 3.8) is 0 Å². The lowest BCUT2D eigenvalue weighted by Crippen LogP contribution is -2.56. The predicted molar refractivity (Wildman–Crippen MR) is 116 cm³/mol. The lowest BCUT2D eigenvalue weighted by molar-refractivity contribution is -0.137. The number of carbonyl (C=O) groups is 1. The highest BCUT2D eigenvalue weighted by Crippen LogP contribution is 2.44. The van der Waals surface area contributed by atoms with Crippen molar-refractivity contribution in [1.29, 1.82) is 0 Å². The van der Waals surface area contributed by atoms with Crippen LogP contribution in [0.3, 0.4) is 0 Å². The number of fused-ring (bicyclic) bond motifs is 2. The Morgan fingerprint density at radius 2 is 1.72 bits per heavy atom. The first-order chi connectivity index (χ1) is 15.1. The van der Waals surface area contributed by atoms with E-state index in [1.807, 2.05) is 6.07 Å². The van der Waals surface area contributed by atoms with E-state index in [1.165, 1.54) is 6.07 Å². The van der Waals surface area contributed by atoms with E-state index in [-0.39, 0.29) is 11.7 Å². The van der Waals surface area contributed by atoms with Crippen LogP contribution in [0.25, 0.3) is 0 Å². The van der Waals surface area contributed by atoms with Crippen LogP contribution in [0.5, 0.6) is 11.5 Å². The van der Waals surface area contributed by atoms with Gasteiger partial charge in [-0.2, -0.15) is 13.2 Å². The minimum Gasteiger partial charge on any atom is -0.453 e. The minimum absolute atomic E-state index is 0.0640. The van der Waals surface area contributed by atoms with Gasteiger partial charge in [0, 0.05) is 31.7 Å². The summed E-state index contributed by atoms with van der Waals surface area (Å²) >= 11 is 0. The van der Waals surface area contributed by atoms with Crippen LogP contribution >= 0.6 is 0 Å². The van der Waals surface area contributed by atoms with E-state index in [0.717, 1.165) is 30.8 Å². The van der Waals surface area contributed by atoms with Crippen molar-refractivity contribution >= 4 is 17.3 Å². The second kappa shape index (κ2) is 8.63. The van der Waals surface area contributed by atoms with Crippen molar-refractivity contribution in [3.8, 4) is 11.5 Å². The summed E-state index contributed by atoms with van der Waals surface area (Å²) in [4.78, 5) is 16.9. The van der Waals surface area contributed by atoms with Crippen LogP contribution in [0, 0.1) is 0 Å². The Balaban J connectivity index is 1.37. The van der Waals surface area contributed by atoms with Crippen LogP contribution in [-0.4, -0.2) is 54.5 Å². The van der Waals surface area contributed by atoms with Crippen molar-refractivity contribution in [1.82, 2.24) is 15.1 Å². The number of alkyl halides is 3. The Morgan fingerprint density at radius 1 is 1.09 bits per heavy atom. The third kappa shape index (κ3) is 4.83. The van der Waals surface area contributed by atoms with Crippen molar-refractivity contribution < 1.29 is 22.7 Å². The van der Waals surface area contributed by atoms with Gasteiger partial charge < -0.3 is 15.4 Å². The first kappa shape index (κ1) is 22.4. The van der Waals surface area contributed by atoms with Gasteiger partial charge in [0.05, 0.1) is 23.5 Å². The van der Waals surface area contributed by atoms with Gasteiger partial charge in [-0.15, -0.1) is 0 Å². The van der Waals surface area contributed by atoms with Gasteiger partial charge in [0.15, 0.2) is 11.5 Å². The molecule has 0 unspecified atom stereocenters. The van der Waals surface area contributed by atoms with E-state index in [2.05, 4.69) is 41.3 Å². The van der Waals surface area contributed by atoms with Crippen LogP contribution in [-0.2, 0) is 17.5 Å². The number of anilines is 2. The molecule has 2 atom stereocenters. The predicted octanol–water partition coefficient (Wildman–Crippen LogP) is 4.20. The second-order valence-electron chi connectivity index (χ2n) is 8.60. The van der Waals surface area contributed by atoms with Crippen molar-refractivity contribution in [2.45, 2.75) is 38.7 Å². The summed E-state index contributed by atoms with van der Waals surface area (Å²) in [6.07, 6.45) is -4.44. The monoisotopic (exact) mass is 448 g/mol. The molecule has 2 N–H and O–H groups in total. The summed E-state index contributed by atoms with van der Waals surface area (Å²) < 4.78 is 44.7. The molecule has 0 aliphatic carbocycles. The summed E-state index contributed by atoms with van der Waals surface area (Å²) in [6.45, 7) is 6.62. The fraction of sp³-hybridized carbons (Fsp3) is 0.435. The number of amides is 1. The van der Waals surface area contributed by atoms with Gasteiger partial charge in [0.25, 0.3) is 0 Å². The van der Waals surface area contributed by atoms with Gasteiger partial charge in [-0.05, 0) is 56.8 Å². The highest BCUT2D eigenvalue weighted by atomic mass is 19.4. The van der Waals surface area contributed by atoms with E-state index in [0.29, 0.717) is 42.3 Å². The maximum atomic E-state index is 13.0. The van der Waals surface area contributed by atoms with Crippen LogP contribution in [0.4, 0.5) is 24.5 Å². The normalized spacial score (nSPS) is 21.2. The number of rotatable bonds is 4. The van der Waals surface area contributed by atoms with Gasteiger partial charge >= 0.3 is 6.18 Å². The van der Waals surface area contributed by atoms with E-state index in [4.69, 9.17) is 4.74 Å². The number of likely N-dealkylation sites (N-methyl/N-ethyl adjacent to an activating group) is 1. The molecule has 0 bridgehead atoms. The Labute approximate surface area is 185 Å². The lowest BCUT2D eigenvalue weighted by atomic mass is 10.1. The Morgan fingerprint density at radius 3 is 2.38 bits per heavy atom. The standard InChI is InChI=1S/C23H27F3N4O2/c1-14-11-30(12-15(2)29(14)3)13-22(31)27-10-16-4-6-18-20(8-16)32-21-9-17(23(24,25)26)5-7-19(21)28-18/h4-9,14-15,28H,10-13H2,1-3H3,(H,27,31)/t14-,15+. The van der Waals surface area contributed by atoms with E-state index in [9.17, 15) is 18.0 Å². The molecule has 2 aliphatic heterocycles. The molecule has 0 radical (unpaired) electrons. The SMILES string of the molecule is C[C@@H]1CN(CC(=O)NCc2ccc3c(c2)Oc2cc(C(F)(F)F)ccc2N3)C[C@H](C)N1C. The number of benzene rings is 2. The van der Waals surface area contributed by atoms with Crippen molar-refractivity contribution in [3.05, 3.63) is 47.5 Å². The molecule has 2 heterocycles. The third-order valence-electron chi connectivity index (χ3n) is 6.14. The summed E-state index contributed by atoms with van der Waals surface area (Å²) in [5.41, 5.74) is 1.17. The average molecular weight is 448 g/mol. The van der Waals surface area contributed by atoms with Crippen LogP contribution < -0.4 is 15.4 Å². The highest BCUT2D eigenvalue weighted by Gasteiger charge is 2.32. The van der Waals surface area contributed by atoms with Crippen LogP contribution in [0.1, 0.15) is 25.0 Å². The van der Waals surface area contributed by atoms with Crippen molar-refractivity contribution in [2.24, 2.45) is 0 Å². The Bertz CT molecular complexity index is 999. The molecule has 2 aliphatic rings. The molecule has 32 heavy (non-hydrogen) atoms. The number of nitrogens with zero attached hydrogens (tertiary/aromatic N) is 2. The van der Waals surface area contributed by atoms with Gasteiger partial charge in [-0.3, -0.25) is 14.6 Å². The zero-order valence-corrected chi connectivity index (χ0v) is 18.3. The van der Waals surface area contributed by atoms with Crippen molar-refractivity contribution in [2.75, 3.05) is 32.0 Å². The molecule has 0 spiro atoms. The second-order valence-corrected chi connectivity index (χ2v) is 8.60. The summed E-state index contributed by atoms with van der Waals surface area (Å²) in [6, 6.07) is 9.51. The number of ether oxygens (including phenoxy) is 1. The zero-order chi connectivity index (χ0) is 23.0. The van der Waals surface area contributed by atoms with E-state index >= 15 is 0 Å². The topological polar surface area (TPSA) is 56.8 Å². The van der Waals surface area contributed by atoms with Gasteiger partial charge in [0.1, 0.15) is 0 Å². The molecule has 1 amide bonds. The van der Waals surface area contributed by atoms with Gasteiger partial charge in [-0.1, -0.05) is 6.07 Å². The number of hydrogen-bond donors (Lipinski definition) is 2. The molecule has 2 aromatic rings. The molecular weight excluding hydrogens is 421 g/mol. The molecule has 9 heteroatoms. The number of nitrogens with one attached hydrogen (secondary N) is 2. The molecule has 172 valence electrons. The molecule has 0 saturated carbocycles. The number of halogens is 3. The first-order valence-corrected chi connectivity index (χ1v) is 10.6. The van der Waals surface area contributed by atoms with Crippen LogP contribution in [0.2, 0.25) is 0 Å². The number of hydrogen-bond acceptors (Lipinski definition) is 5. The quantitative estimate of drug-likeness (QED) is 0.627. The Kier molecular flexibility index (Phi) is 6.05. The van der Waals surface area contributed by atoms with Gasteiger partial charge in [0.2, 0.25) is 5.91 Å². The van der Waals surface area contributed by atoms with Crippen LogP contribution in [0.15, 0.2) is 36.4 Å². The maximum absolute atomic E-state index is 13.0. The maximum Gasteiger partial charge on any atom is 0.416 e. The summed E-state index contributed by atoms with van der Waals surface area (Å²) in [5.74, 6) is 0.475. The minimum atomic E-state index is -4.44. The zero-order valence-electron chi connectivity index (χ0n) is 18.3. The molecule has 1 saturated heterocycles. The summed E-state index contributed by atoms with van der Waals surface area (Å²) in [5, 5.41) is 6.01. The molecule has 6 nitrogen and oxygen atoms in total. The van der Waals surface area contributed by atoms with E-state index < -0.39 is 11.7 Å². The fourth-order valence-corrected chi connectivity index (χ4v) is 4.12. The lowest BCUT2D eigenvalue weighted by Gasteiger charge is -2.42.